The Hall–Kier alpha value is -2.92. The van der Waals surface area contributed by atoms with Crippen LogP contribution in [0.25, 0.3) is 0 Å². The average Bonchev–Trinajstić information content (AvgIpc) is 2.54. The average molecular weight is 352 g/mol. The number of halogens is 1. The molecule has 0 saturated carbocycles. The van der Waals surface area contributed by atoms with Crippen molar-refractivity contribution >= 4 is 35.0 Å². The van der Waals surface area contributed by atoms with Gasteiger partial charge in [0.15, 0.2) is 0 Å². The highest BCUT2D eigenvalue weighted by atomic mass is 35.5. The second-order valence-electron chi connectivity index (χ2n) is 4.46. The number of nitrogens with one attached hydrogen (secondary N) is 3. The van der Waals surface area contributed by atoms with Crippen LogP contribution in [-0.2, 0) is 9.53 Å². The van der Waals surface area contributed by atoms with Gasteiger partial charge < -0.3 is 26.4 Å². The van der Waals surface area contributed by atoms with Gasteiger partial charge >= 0.3 is 6.09 Å². The Labute approximate surface area is 144 Å². The smallest absolute Gasteiger partial charge is 0.407 e. The number of nitrogens with two attached hydrogens (primary N) is 1. The SMILES string of the molecule is CCOC(=O)NCCN/C=C(/C#N)C(=O)Nc1ccc(N)c(Cl)c1. The molecule has 1 aromatic carbocycles. The Balaban J connectivity index is 2.49. The molecule has 24 heavy (non-hydrogen) atoms. The molecule has 0 spiro atoms. The van der Waals surface area contributed by atoms with E-state index in [0.29, 0.717) is 22.9 Å². The van der Waals surface area contributed by atoms with Crippen LogP contribution in [0, 0.1) is 11.3 Å². The van der Waals surface area contributed by atoms with Crippen LogP contribution in [0.1, 0.15) is 6.92 Å². The van der Waals surface area contributed by atoms with Gasteiger partial charge in [-0.2, -0.15) is 5.26 Å². The van der Waals surface area contributed by atoms with Gasteiger partial charge in [0.1, 0.15) is 11.6 Å². The molecule has 0 aliphatic heterocycles. The molecule has 2 amide bonds. The van der Waals surface area contributed by atoms with Crippen LogP contribution in [0.4, 0.5) is 16.2 Å². The first-order valence-electron chi connectivity index (χ1n) is 7.08. The van der Waals surface area contributed by atoms with Crippen LogP contribution in [0.15, 0.2) is 30.0 Å². The summed E-state index contributed by atoms with van der Waals surface area (Å²) in [6, 6.07) is 6.39. The first kappa shape index (κ1) is 19.1. The third-order valence-corrected chi connectivity index (χ3v) is 3.01. The van der Waals surface area contributed by atoms with Gasteiger partial charge in [-0.25, -0.2) is 4.79 Å². The number of alkyl carbamates (subject to hydrolysis) is 1. The van der Waals surface area contributed by atoms with Gasteiger partial charge in [-0.3, -0.25) is 4.79 Å². The van der Waals surface area contributed by atoms with E-state index in [0.717, 1.165) is 0 Å². The Kier molecular flexibility index (Phi) is 7.94. The zero-order chi connectivity index (χ0) is 17.9. The van der Waals surface area contributed by atoms with Crippen LogP contribution in [-0.4, -0.2) is 31.7 Å². The zero-order valence-corrected chi connectivity index (χ0v) is 13.8. The largest absolute Gasteiger partial charge is 0.450 e. The molecule has 8 nitrogen and oxygen atoms in total. The second kappa shape index (κ2) is 9.97. The molecule has 0 atom stereocenters. The van der Waals surface area contributed by atoms with E-state index in [1.54, 1.807) is 25.1 Å². The fraction of sp³-hybridized carbons (Fsp3) is 0.267. The monoisotopic (exact) mass is 351 g/mol. The van der Waals surface area contributed by atoms with Gasteiger partial charge in [0.25, 0.3) is 5.91 Å². The van der Waals surface area contributed by atoms with Gasteiger partial charge in [-0.1, -0.05) is 11.6 Å². The fourth-order valence-corrected chi connectivity index (χ4v) is 1.73. The number of carbonyl (C=O) groups excluding carboxylic acids is 2. The number of anilines is 2. The number of hydrogen-bond acceptors (Lipinski definition) is 6. The van der Waals surface area contributed by atoms with Crippen molar-refractivity contribution in [2.45, 2.75) is 6.92 Å². The van der Waals surface area contributed by atoms with Crippen LogP contribution in [0.5, 0.6) is 0 Å². The Bertz CT molecular complexity index is 670. The number of ether oxygens (including phenoxy) is 1. The first-order chi connectivity index (χ1) is 11.5. The normalized spacial score (nSPS) is 10.5. The molecule has 0 radical (unpaired) electrons. The standard InChI is InChI=1S/C15H18ClN5O3/c1-2-24-15(23)20-6-5-19-9-10(8-17)14(22)21-11-3-4-13(18)12(16)7-11/h3-4,7,9,19H,2,5-6,18H2,1H3,(H,20,23)(H,21,22)/b10-9-. The number of nitrogen functional groups attached to an aromatic ring is 1. The van der Waals surface area contributed by atoms with E-state index >= 15 is 0 Å². The molecular weight excluding hydrogens is 334 g/mol. The maximum atomic E-state index is 12.0. The van der Waals surface area contributed by atoms with Crippen molar-refractivity contribution in [3.63, 3.8) is 0 Å². The van der Waals surface area contributed by atoms with E-state index in [4.69, 9.17) is 22.6 Å². The summed E-state index contributed by atoms with van der Waals surface area (Å²) < 4.78 is 4.68. The minimum atomic E-state index is -0.593. The van der Waals surface area contributed by atoms with Gasteiger partial charge in [-0.15, -0.1) is 0 Å². The van der Waals surface area contributed by atoms with Gasteiger partial charge in [0.05, 0.1) is 17.3 Å². The highest BCUT2D eigenvalue weighted by Gasteiger charge is 2.10. The second-order valence-corrected chi connectivity index (χ2v) is 4.87. The summed E-state index contributed by atoms with van der Waals surface area (Å²) in [7, 11) is 0. The minimum absolute atomic E-state index is 0.126. The quantitative estimate of drug-likeness (QED) is 0.255. The summed E-state index contributed by atoms with van der Waals surface area (Å²) in [5.41, 5.74) is 6.27. The Morgan fingerprint density at radius 2 is 2.17 bits per heavy atom. The van der Waals surface area contributed by atoms with E-state index in [1.807, 2.05) is 0 Å². The van der Waals surface area contributed by atoms with Crippen molar-refractivity contribution in [1.29, 1.82) is 5.26 Å². The molecule has 0 saturated heterocycles. The van der Waals surface area contributed by atoms with Crippen molar-refractivity contribution in [3.8, 4) is 6.07 Å². The lowest BCUT2D eigenvalue weighted by Crippen LogP contribution is -2.31. The van der Waals surface area contributed by atoms with E-state index in [-0.39, 0.29) is 18.7 Å². The maximum Gasteiger partial charge on any atom is 0.407 e. The number of carbonyl (C=O) groups is 2. The Morgan fingerprint density at radius 3 is 2.79 bits per heavy atom. The predicted octanol–water partition coefficient (Wildman–Crippen LogP) is 1.60. The van der Waals surface area contributed by atoms with Crippen molar-refractivity contribution in [1.82, 2.24) is 10.6 Å². The number of amides is 2. The highest BCUT2D eigenvalue weighted by molar-refractivity contribution is 6.33. The maximum absolute atomic E-state index is 12.0. The van der Waals surface area contributed by atoms with E-state index < -0.39 is 12.0 Å². The lowest BCUT2D eigenvalue weighted by molar-refractivity contribution is -0.112. The van der Waals surface area contributed by atoms with E-state index in [9.17, 15) is 9.59 Å². The molecule has 9 heteroatoms. The number of nitriles is 1. The third kappa shape index (κ3) is 6.46. The minimum Gasteiger partial charge on any atom is -0.450 e. The van der Waals surface area contributed by atoms with Crippen LogP contribution in [0.3, 0.4) is 0 Å². The Morgan fingerprint density at radius 1 is 1.42 bits per heavy atom. The van der Waals surface area contributed by atoms with Crippen molar-refractivity contribution < 1.29 is 14.3 Å². The molecule has 1 aromatic rings. The molecule has 128 valence electrons. The lowest BCUT2D eigenvalue weighted by atomic mass is 10.2. The molecule has 5 N–H and O–H groups in total. The van der Waals surface area contributed by atoms with Gasteiger partial charge in [-0.05, 0) is 25.1 Å². The van der Waals surface area contributed by atoms with E-state index in [2.05, 4.69) is 20.7 Å². The summed E-state index contributed by atoms with van der Waals surface area (Å²) >= 11 is 5.86. The molecule has 0 bridgehead atoms. The zero-order valence-electron chi connectivity index (χ0n) is 13.1. The van der Waals surface area contributed by atoms with Gasteiger partial charge in [0, 0.05) is 25.0 Å². The number of nitrogens with zero attached hydrogens (tertiary/aromatic N) is 1. The lowest BCUT2D eigenvalue weighted by Gasteiger charge is -2.07. The number of hydrogen-bond donors (Lipinski definition) is 4. The topological polar surface area (TPSA) is 129 Å². The van der Waals surface area contributed by atoms with Crippen LogP contribution in [0.2, 0.25) is 5.02 Å². The highest BCUT2D eigenvalue weighted by Crippen LogP contribution is 2.22. The molecule has 0 aliphatic rings. The summed E-state index contributed by atoms with van der Waals surface area (Å²) in [6.07, 6.45) is 0.739. The fourth-order valence-electron chi connectivity index (χ4n) is 1.55. The number of benzene rings is 1. The molecule has 0 aromatic heterocycles. The molecule has 0 aliphatic carbocycles. The van der Waals surface area contributed by atoms with Crippen molar-refractivity contribution in [2.75, 3.05) is 30.7 Å². The molecule has 0 unspecified atom stereocenters. The molecule has 0 heterocycles. The number of rotatable bonds is 7. The van der Waals surface area contributed by atoms with Gasteiger partial charge in [0.2, 0.25) is 0 Å². The van der Waals surface area contributed by atoms with Crippen molar-refractivity contribution in [3.05, 3.63) is 35.0 Å². The van der Waals surface area contributed by atoms with Crippen LogP contribution >= 0.6 is 11.6 Å². The molecule has 0 fully saturated rings. The van der Waals surface area contributed by atoms with E-state index in [1.165, 1.54) is 12.3 Å². The van der Waals surface area contributed by atoms with Crippen molar-refractivity contribution in [2.24, 2.45) is 0 Å². The predicted molar refractivity (Wildman–Crippen MR) is 91.2 cm³/mol. The summed E-state index contributed by atoms with van der Waals surface area (Å²) in [5.74, 6) is -0.593. The molecular formula is C15H18ClN5O3. The first-order valence-corrected chi connectivity index (χ1v) is 7.46. The summed E-state index contributed by atoms with van der Waals surface area (Å²) in [4.78, 5) is 23.0. The molecule has 1 rings (SSSR count). The summed E-state index contributed by atoms with van der Waals surface area (Å²) in [5, 5.41) is 17.1. The third-order valence-electron chi connectivity index (χ3n) is 2.68. The van der Waals surface area contributed by atoms with Crippen LogP contribution < -0.4 is 21.7 Å². The summed E-state index contributed by atoms with van der Waals surface area (Å²) in [6.45, 7) is 2.59.